The lowest BCUT2D eigenvalue weighted by Crippen LogP contribution is -2.27. The Labute approximate surface area is 122 Å². The molecule has 112 valence electrons. The van der Waals surface area contributed by atoms with Crippen molar-refractivity contribution < 1.29 is 0 Å². The number of nitrogens with zero attached hydrogens (tertiary/aromatic N) is 1. The van der Waals surface area contributed by atoms with Crippen LogP contribution < -0.4 is 5.73 Å². The van der Waals surface area contributed by atoms with Crippen molar-refractivity contribution in [3.05, 3.63) is 16.1 Å². The molecule has 1 atom stereocenters. The Morgan fingerprint density at radius 1 is 1.10 bits per heavy atom. The first-order chi connectivity index (χ1) is 9.74. The van der Waals surface area contributed by atoms with Crippen LogP contribution in [0, 0.1) is 15.7 Å². The lowest BCUT2D eigenvalue weighted by atomic mass is 9.73. The number of allylic oxidation sites excluding steroid dienone is 1. The van der Waals surface area contributed by atoms with E-state index in [4.69, 9.17) is 5.73 Å². The minimum absolute atomic E-state index is 0.312. The van der Waals surface area contributed by atoms with Crippen LogP contribution in [0.5, 0.6) is 0 Å². The quantitative estimate of drug-likeness (QED) is 0.580. The molecular formula is C17H28N2O. The fraction of sp³-hybridized carbons (Fsp3) is 0.882. The molecule has 0 aromatic heterocycles. The van der Waals surface area contributed by atoms with E-state index in [1.54, 1.807) is 11.1 Å². The van der Waals surface area contributed by atoms with Gasteiger partial charge in [-0.05, 0) is 63.2 Å². The lowest BCUT2D eigenvalue weighted by Gasteiger charge is -2.32. The Bertz CT molecular complexity index is 401. The van der Waals surface area contributed by atoms with E-state index in [1.165, 1.54) is 64.2 Å². The molecule has 3 aliphatic carbocycles. The van der Waals surface area contributed by atoms with Crippen molar-refractivity contribution in [1.29, 1.82) is 0 Å². The van der Waals surface area contributed by atoms with Crippen LogP contribution >= 0.6 is 0 Å². The van der Waals surface area contributed by atoms with E-state index >= 15 is 0 Å². The van der Waals surface area contributed by atoms with Gasteiger partial charge in [0.2, 0.25) is 0 Å². The summed E-state index contributed by atoms with van der Waals surface area (Å²) < 4.78 is 0. The summed E-state index contributed by atoms with van der Waals surface area (Å²) in [6.45, 7) is 1.30. The third-order valence-electron chi connectivity index (χ3n) is 6.17. The Morgan fingerprint density at radius 2 is 1.80 bits per heavy atom. The smallest absolute Gasteiger partial charge is 0.0816 e. The number of nitrogens with two attached hydrogens (primary N) is 1. The summed E-state index contributed by atoms with van der Waals surface area (Å²) in [5, 5.41) is 3.12. The molecule has 0 spiro atoms. The van der Waals surface area contributed by atoms with Crippen molar-refractivity contribution >= 4 is 0 Å². The fourth-order valence-corrected chi connectivity index (χ4v) is 4.98. The minimum Gasteiger partial charge on any atom is -0.330 e. The van der Waals surface area contributed by atoms with Gasteiger partial charge in [0.05, 0.1) is 6.54 Å². The summed E-state index contributed by atoms with van der Waals surface area (Å²) in [6.07, 6.45) is 14.1. The predicted molar refractivity (Wildman–Crippen MR) is 82.4 cm³/mol. The van der Waals surface area contributed by atoms with Crippen LogP contribution in [0.2, 0.25) is 0 Å². The van der Waals surface area contributed by atoms with Crippen molar-refractivity contribution in [3.63, 3.8) is 0 Å². The van der Waals surface area contributed by atoms with Crippen molar-refractivity contribution in [1.82, 2.24) is 0 Å². The molecule has 3 aliphatic rings. The summed E-state index contributed by atoms with van der Waals surface area (Å²) in [7, 11) is 0. The maximum atomic E-state index is 10.5. The van der Waals surface area contributed by atoms with Crippen LogP contribution in [0.3, 0.4) is 0 Å². The van der Waals surface area contributed by atoms with Crippen molar-refractivity contribution in [3.8, 4) is 0 Å². The molecule has 0 aromatic carbocycles. The van der Waals surface area contributed by atoms with Gasteiger partial charge in [0, 0.05) is 12.0 Å². The van der Waals surface area contributed by atoms with Gasteiger partial charge in [-0.15, -0.1) is 0 Å². The molecule has 0 saturated heterocycles. The molecule has 20 heavy (non-hydrogen) atoms. The van der Waals surface area contributed by atoms with E-state index in [-0.39, 0.29) is 0 Å². The summed E-state index contributed by atoms with van der Waals surface area (Å²) in [5.74, 6) is 0. The van der Waals surface area contributed by atoms with Gasteiger partial charge in [-0.25, -0.2) is 0 Å². The molecular weight excluding hydrogens is 248 g/mol. The molecule has 0 bridgehead atoms. The van der Waals surface area contributed by atoms with Gasteiger partial charge in [-0.3, -0.25) is 0 Å². The lowest BCUT2D eigenvalue weighted by molar-refractivity contribution is 0.202. The van der Waals surface area contributed by atoms with Gasteiger partial charge in [0.25, 0.3) is 0 Å². The van der Waals surface area contributed by atoms with Gasteiger partial charge < -0.3 is 5.73 Å². The van der Waals surface area contributed by atoms with Gasteiger partial charge in [0.1, 0.15) is 0 Å². The molecule has 0 heterocycles. The topological polar surface area (TPSA) is 55.4 Å². The second-order valence-electron chi connectivity index (χ2n) is 7.44. The molecule has 0 aliphatic heterocycles. The van der Waals surface area contributed by atoms with E-state index < -0.39 is 0 Å². The molecule has 0 aromatic rings. The second kappa shape index (κ2) is 5.59. The highest BCUT2D eigenvalue weighted by Gasteiger charge is 2.53. The van der Waals surface area contributed by atoms with E-state index in [2.05, 4.69) is 5.18 Å². The predicted octanol–water partition coefficient (Wildman–Crippen LogP) is 4.31. The Balaban J connectivity index is 1.74. The Morgan fingerprint density at radius 3 is 2.40 bits per heavy atom. The van der Waals surface area contributed by atoms with E-state index in [9.17, 15) is 4.91 Å². The molecule has 0 radical (unpaired) electrons. The number of hydrogen-bond acceptors (Lipinski definition) is 3. The molecule has 3 nitrogen and oxygen atoms in total. The summed E-state index contributed by atoms with van der Waals surface area (Å²) >= 11 is 0. The van der Waals surface area contributed by atoms with Crippen molar-refractivity contribution in [2.75, 3.05) is 13.1 Å². The van der Waals surface area contributed by atoms with Crippen LogP contribution in [0.15, 0.2) is 16.3 Å². The molecule has 3 heteroatoms. The average molecular weight is 276 g/mol. The average Bonchev–Trinajstić information content (AvgIpc) is 2.90. The highest BCUT2D eigenvalue weighted by molar-refractivity contribution is 5.39. The second-order valence-corrected chi connectivity index (χ2v) is 7.44. The first kappa shape index (κ1) is 14.2. The van der Waals surface area contributed by atoms with E-state index in [1.807, 2.05) is 0 Å². The standard InChI is InChI=1S/C17H28N2O/c18-13-17(11-15(17)14-5-1-2-6-14)12-16(9-10-19-20)7-3-4-8-16/h1-13,18H2. The third-order valence-corrected chi connectivity index (χ3v) is 6.17. The summed E-state index contributed by atoms with van der Waals surface area (Å²) in [4.78, 5) is 10.5. The zero-order valence-corrected chi connectivity index (χ0v) is 12.6. The molecule has 3 saturated carbocycles. The molecule has 1 unspecified atom stereocenters. The first-order valence-corrected chi connectivity index (χ1v) is 8.44. The van der Waals surface area contributed by atoms with Gasteiger partial charge in [0.15, 0.2) is 0 Å². The minimum atomic E-state index is 0.312. The number of nitroso groups, excluding NO2 is 1. The number of rotatable bonds is 6. The van der Waals surface area contributed by atoms with Crippen molar-refractivity contribution in [2.24, 2.45) is 21.7 Å². The monoisotopic (exact) mass is 276 g/mol. The van der Waals surface area contributed by atoms with Crippen LogP contribution in [-0.4, -0.2) is 13.1 Å². The number of hydrogen-bond donors (Lipinski definition) is 1. The Hall–Kier alpha value is -0.700. The van der Waals surface area contributed by atoms with E-state index in [0.29, 0.717) is 17.4 Å². The van der Waals surface area contributed by atoms with E-state index in [0.717, 1.165) is 13.0 Å². The van der Waals surface area contributed by atoms with Crippen LogP contribution in [-0.2, 0) is 0 Å². The maximum Gasteiger partial charge on any atom is 0.0816 e. The highest BCUT2D eigenvalue weighted by atomic mass is 16.3. The van der Waals surface area contributed by atoms with Crippen LogP contribution in [0.25, 0.3) is 0 Å². The maximum absolute atomic E-state index is 10.5. The molecule has 3 fully saturated rings. The summed E-state index contributed by atoms with van der Waals surface area (Å²) in [6, 6.07) is 0. The highest BCUT2D eigenvalue weighted by Crippen LogP contribution is 2.63. The SMILES string of the molecule is NCC1(CC2(CCN=O)CCCC2)CC1=C1CCCC1. The normalized spacial score (nSPS) is 31.9. The molecule has 0 amide bonds. The zero-order valence-electron chi connectivity index (χ0n) is 12.6. The molecule has 3 rings (SSSR count). The van der Waals surface area contributed by atoms with Crippen molar-refractivity contribution in [2.45, 2.75) is 70.6 Å². The Kier molecular flexibility index (Phi) is 3.98. The fourth-order valence-electron chi connectivity index (χ4n) is 4.98. The van der Waals surface area contributed by atoms with Gasteiger partial charge in [-0.1, -0.05) is 29.2 Å². The zero-order chi connectivity index (χ0) is 14.1. The van der Waals surface area contributed by atoms with Gasteiger partial charge in [-0.2, -0.15) is 4.91 Å². The largest absolute Gasteiger partial charge is 0.330 e. The third kappa shape index (κ3) is 2.57. The summed E-state index contributed by atoms with van der Waals surface area (Å²) in [5.41, 5.74) is 10.3. The van der Waals surface area contributed by atoms with Crippen LogP contribution in [0.4, 0.5) is 0 Å². The molecule has 2 N–H and O–H groups in total. The van der Waals surface area contributed by atoms with Crippen LogP contribution in [0.1, 0.15) is 70.6 Å². The van der Waals surface area contributed by atoms with Gasteiger partial charge >= 0.3 is 0 Å². The first-order valence-electron chi connectivity index (χ1n) is 8.44.